The Morgan fingerprint density at radius 2 is 1.65 bits per heavy atom. The van der Waals surface area contributed by atoms with Crippen LogP contribution in [0.4, 0.5) is 22.0 Å². The molecule has 206 valence electrons. The van der Waals surface area contributed by atoms with Crippen LogP contribution >= 0.6 is 0 Å². The van der Waals surface area contributed by atoms with Crippen LogP contribution in [0.5, 0.6) is 5.75 Å². The van der Waals surface area contributed by atoms with Gasteiger partial charge in [0.15, 0.2) is 0 Å². The summed E-state index contributed by atoms with van der Waals surface area (Å²) in [6, 6.07) is 16.3. The van der Waals surface area contributed by atoms with Crippen molar-refractivity contribution in [2.45, 2.75) is 24.6 Å². The van der Waals surface area contributed by atoms with Gasteiger partial charge in [-0.3, -0.25) is 4.21 Å². The number of benzene rings is 3. The lowest BCUT2D eigenvalue weighted by Gasteiger charge is -2.16. The Bertz CT molecular complexity index is 1700. The summed E-state index contributed by atoms with van der Waals surface area (Å²) in [5.74, 6) is -0.148. The number of ether oxygens (including phenoxy) is 1. The molecule has 1 unspecified atom stereocenters. The van der Waals surface area contributed by atoms with Crippen LogP contribution in [-0.2, 0) is 11.1 Å². The number of imidazole rings is 1. The average Bonchev–Trinajstić information content (AvgIpc) is 3.55. The molecule has 8 nitrogen and oxygen atoms in total. The van der Waals surface area contributed by atoms with Gasteiger partial charge in [-0.05, 0) is 77.7 Å². The zero-order chi connectivity index (χ0) is 28.6. The van der Waals surface area contributed by atoms with E-state index in [-0.39, 0.29) is 10.7 Å². The third-order valence-corrected chi connectivity index (χ3v) is 6.52. The van der Waals surface area contributed by atoms with Gasteiger partial charge in [-0.25, -0.2) is 18.4 Å². The normalized spacial score (nSPS) is 12.6. The van der Waals surface area contributed by atoms with Crippen LogP contribution in [0.1, 0.15) is 17.9 Å². The lowest BCUT2D eigenvalue weighted by atomic mass is 10.0. The highest BCUT2D eigenvalue weighted by atomic mass is 32.2. The van der Waals surface area contributed by atoms with Crippen LogP contribution in [0.25, 0.3) is 33.8 Å². The van der Waals surface area contributed by atoms with Gasteiger partial charge in [0.1, 0.15) is 17.3 Å². The maximum absolute atomic E-state index is 13.4. The predicted molar refractivity (Wildman–Crippen MR) is 133 cm³/mol. The molecule has 2 aromatic heterocycles. The second kappa shape index (κ2) is 10.6. The maximum atomic E-state index is 13.4. The summed E-state index contributed by atoms with van der Waals surface area (Å²) in [5.41, 5.74) is 2.27. The summed E-state index contributed by atoms with van der Waals surface area (Å²) in [4.78, 5) is 4.00. The summed E-state index contributed by atoms with van der Waals surface area (Å²) in [6.07, 6.45) is -5.07. The molecule has 0 radical (unpaired) electrons. The third kappa shape index (κ3) is 5.62. The fourth-order valence-corrected chi connectivity index (χ4v) is 4.55. The smallest absolute Gasteiger partial charge is 0.573 e. The van der Waals surface area contributed by atoms with Gasteiger partial charge in [0, 0.05) is 16.7 Å². The number of aryl methyl sites for hydroxylation is 1. The molecule has 5 rings (SSSR count). The Morgan fingerprint density at radius 1 is 0.950 bits per heavy atom. The van der Waals surface area contributed by atoms with E-state index in [2.05, 4.69) is 20.0 Å². The SMILES string of the molecule is Cc1nc(C(F)F)cn1-c1ccc(-c2cccc(S(=O)[O-])c2)cc1-n1nncc1-c1ccc(OC(F)(F)F)cc1. The molecule has 2 heterocycles. The minimum absolute atomic E-state index is 0.0674. The standard InChI is InChI=1S/C26H18F5N5O3S/c1-15-33-21(25(27)28)14-35(15)22-10-7-18(17-3-2-4-20(11-17)40(37)38)12-23(22)36-24(13-32-34-36)16-5-8-19(9-6-16)39-26(29,30)31/h2-14,25H,1H3,(H,37,38)/p-1. The van der Waals surface area contributed by atoms with Crippen LogP contribution in [0.15, 0.2) is 84.0 Å². The van der Waals surface area contributed by atoms with Gasteiger partial charge in [-0.15, -0.1) is 18.3 Å². The summed E-state index contributed by atoms with van der Waals surface area (Å²) in [5, 5.41) is 8.12. The fraction of sp³-hybridized carbons (Fsp3) is 0.115. The highest BCUT2D eigenvalue weighted by molar-refractivity contribution is 7.79. The largest absolute Gasteiger partial charge is 0.768 e. The molecular weight excluding hydrogens is 557 g/mol. The molecule has 0 aliphatic rings. The topological polar surface area (TPSA) is 97.9 Å². The van der Waals surface area contributed by atoms with Gasteiger partial charge in [-0.2, -0.15) is 0 Å². The number of hydrogen-bond donors (Lipinski definition) is 0. The van der Waals surface area contributed by atoms with Gasteiger partial charge in [-0.1, -0.05) is 23.4 Å². The van der Waals surface area contributed by atoms with E-state index in [1.807, 2.05) is 0 Å². The Kier molecular flexibility index (Phi) is 7.21. The van der Waals surface area contributed by atoms with Crippen molar-refractivity contribution >= 4 is 11.1 Å². The Morgan fingerprint density at radius 3 is 2.30 bits per heavy atom. The Labute approximate surface area is 226 Å². The average molecular weight is 575 g/mol. The van der Waals surface area contributed by atoms with Gasteiger partial charge in [0.05, 0.1) is 23.3 Å². The van der Waals surface area contributed by atoms with E-state index in [9.17, 15) is 30.7 Å². The molecule has 0 amide bonds. The zero-order valence-corrected chi connectivity index (χ0v) is 21.2. The number of hydrogen-bond acceptors (Lipinski definition) is 6. The van der Waals surface area contributed by atoms with Crippen LogP contribution in [0.2, 0.25) is 0 Å². The van der Waals surface area contributed by atoms with Crippen molar-refractivity contribution in [2.75, 3.05) is 0 Å². The van der Waals surface area contributed by atoms with Gasteiger partial charge in [0.25, 0.3) is 6.43 Å². The lowest BCUT2D eigenvalue weighted by molar-refractivity contribution is -0.274. The molecule has 40 heavy (non-hydrogen) atoms. The number of aromatic nitrogens is 5. The van der Waals surface area contributed by atoms with Crippen molar-refractivity contribution in [1.29, 1.82) is 0 Å². The molecule has 3 aromatic carbocycles. The van der Waals surface area contributed by atoms with E-state index in [1.165, 1.54) is 45.9 Å². The molecule has 0 N–H and O–H groups in total. The number of halogens is 5. The molecular formula is C26H17F5N5O3S-. The Hall–Kier alpha value is -4.43. The summed E-state index contributed by atoms with van der Waals surface area (Å²) in [7, 11) is 0. The Balaban J connectivity index is 1.66. The first-order valence-corrected chi connectivity index (χ1v) is 12.5. The quantitative estimate of drug-likeness (QED) is 0.170. The highest BCUT2D eigenvalue weighted by Crippen LogP contribution is 2.33. The minimum Gasteiger partial charge on any atom is -0.768 e. The fourth-order valence-electron chi connectivity index (χ4n) is 4.14. The summed E-state index contributed by atoms with van der Waals surface area (Å²) < 4.78 is 94.5. The van der Waals surface area contributed by atoms with Crippen molar-refractivity contribution in [1.82, 2.24) is 24.5 Å². The molecule has 0 aliphatic heterocycles. The third-order valence-electron chi connectivity index (χ3n) is 5.88. The van der Waals surface area contributed by atoms with Gasteiger partial charge >= 0.3 is 6.36 Å². The molecule has 5 aromatic rings. The van der Waals surface area contributed by atoms with Crippen LogP contribution < -0.4 is 4.74 Å². The van der Waals surface area contributed by atoms with Crippen LogP contribution in [-0.4, -0.2) is 39.7 Å². The molecule has 0 fully saturated rings. The van der Waals surface area contributed by atoms with Crippen molar-refractivity contribution in [3.05, 3.63) is 90.6 Å². The van der Waals surface area contributed by atoms with E-state index in [1.54, 1.807) is 37.3 Å². The molecule has 0 bridgehead atoms. The van der Waals surface area contributed by atoms with Crippen LogP contribution in [0, 0.1) is 6.92 Å². The van der Waals surface area contributed by atoms with Gasteiger partial charge in [0.2, 0.25) is 0 Å². The summed E-state index contributed by atoms with van der Waals surface area (Å²) >= 11 is -2.47. The first-order chi connectivity index (χ1) is 19.0. The number of alkyl halides is 5. The molecule has 0 saturated carbocycles. The second-order valence-corrected chi connectivity index (χ2v) is 9.39. The van der Waals surface area contributed by atoms with E-state index in [0.717, 1.165) is 12.1 Å². The number of rotatable bonds is 7. The van der Waals surface area contributed by atoms with E-state index in [0.29, 0.717) is 33.8 Å². The molecule has 0 aliphatic carbocycles. The zero-order valence-electron chi connectivity index (χ0n) is 20.3. The lowest BCUT2D eigenvalue weighted by Crippen LogP contribution is -2.16. The molecule has 0 saturated heterocycles. The minimum atomic E-state index is -4.85. The highest BCUT2D eigenvalue weighted by Gasteiger charge is 2.31. The predicted octanol–water partition coefficient (Wildman–Crippen LogP) is 6.17. The van der Waals surface area contributed by atoms with E-state index < -0.39 is 35.3 Å². The first-order valence-electron chi connectivity index (χ1n) is 11.5. The number of nitrogens with zero attached hydrogens (tertiary/aromatic N) is 5. The monoisotopic (exact) mass is 574 g/mol. The van der Waals surface area contributed by atoms with Crippen molar-refractivity contribution in [2.24, 2.45) is 0 Å². The summed E-state index contributed by atoms with van der Waals surface area (Å²) in [6.45, 7) is 1.55. The van der Waals surface area contributed by atoms with Crippen molar-refractivity contribution in [3.8, 4) is 39.5 Å². The molecule has 0 spiro atoms. The maximum Gasteiger partial charge on any atom is 0.573 e. The second-order valence-electron chi connectivity index (χ2n) is 8.45. The van der Waals surface area contributed by atoms with E-state index >= 15 is 0 Å². The molecule has 1 atom stereocenters. The van der Waals surface area contributed by atoms with Crippen LogP contribution in [0.3, 0.4) is 0 Å². The van der Waals surface area contributed by atoms with Crippen molar-refractivity contribution in [3.63, 3.8) is 0 Å². The van der Waals surface area contributed by atoms with Crippen molar-refractivity contribution < 1.29 is 35.5 Å². The van der Waals surface area contributed by atoms with Gasteiger partial charge < -0.3 is 13.9 Å². The van der Waals surface area contributed by atoms with E-state index in [4.69, 9.17) is 0 Å². The first kappa shape index (κ1) is 27.1. The molecule has 14 heteroatoms.